The van der Waals surface area contributed by atoms with Crippen molar-refractivity contribution in [1.82, 2.24) is 0 Å². The van der Waals surface area contributed by atoms with Gasteiger partial charge in [0.05, 0.1) is 6.61 Å². The predicted molar refractivity (Wildman–Crippen MR) is 76.2 cm³/mol. The molecule has 0 aromatic rings. The topological polar surface area (TPSA) is 57.8 Å². The number of esters is 1. The fraction of sp³-hybridized carbons (Fsp3) is 0.267. The molecule has 0 aromatic heterocycles. The molecule has 2 aliphatic carbocycles. The van der Waals surface area contributed by atoms with Gasteiger partial charge in [0.25, 0.3) is 0 Å². The van der Waals surface area contributed by atoms with Gasteiger partial charge in [0.2, 0.25) is 0 Å². The Labute approximate surface area is 109 Å². The van der Waals surface area contributed by atoms with E-state index in [1.165, 1.54) is 0 Å². The van der Waals surface area contributed by atoms with Gasteiger partial charge in [0.1, 0.15) is 0 Å². The summed E-state index contributed by atoms with van der Waals surface area (Å²) in [5, 5.41) is 0. The molecule has 100 valence electrons. The first kappa shape index (κ1) is 18.5. The van der Waals surface area contributed by atoms with Crippen LogP contribution in [0.25, 0.3) is 0 Å². The molecule has 0 spiro atoms. The van der Waals surface area contributed by atoms with Crippen LogP contribution in [0.5, 0.6) is 0 Å². The Morgan fingerprint density at radius 1 is 1.11 bits per heavy atom. The van der Waals surface area contributed by atoms with Gasteiger partial charge < -0.3 is 10.2 Å². The molecule has 3 heteroatoms. The molecule has 2 N–H and O–H groups in total. The minimum atomic E-state index is -0.359. The van der Waals surface area contributed by atoms with Crippen molar-refractivity contribution in [1.29, 1.82) is 0 Å². The van der Waals surface area contributed by atoms with E-state index < -0.39 is 0 Å². The zero-order chi connectivity index (χ0) is 12.8. The SMILES string of the molecule is C1=CCC=C1.C1=CCC=C1.C=CC(=O)OCC.O. The Balaban J connectivity index is 0. The standard InChI is InChI=1S/C5H8O2.2C5H6.H2O/c1-3-5(6)7-4-2;2*1-2-4-5-3-1;/h3H,1,4H2,2H3;2*1-4H,5H2;1H2. The van der Waals surface area contributed by atoms with Gasteiger partial charge >= 0.3 is 5.97 Å². The van der Waals surface area contributed by atoms with Gasteiger partial charge in [-0.05, 0) is 19.8 Å². The minimum absolute atomic E-state index is 0. The lowest BCUT2D eigenvalue weighted by molar-refractivity contribution is -0.137. The zero-order valence-electron chi connectivity index (χ0n) is 10.8. The van der Waals surface area contributed by atoms with Crippen LogP contribution in [-0.4, -0.2) is 18.1 Å². The van der Waals surface area contributed by atoms with Crippen molar-refractivity contribution in [2.45, 2.75) is 19.8 Å². The van der Waals surface area contributed by atoms with Crippen LogP contribution < -0.4 is 0 Å². The first-order valence-corrected chi connectivity index (χ1v) is 5.73. The molecular formula is C15H22O3. The summed E-state index contributed by atoms with van der Waals surface area (Å²) in [5.74, 6) is -0.359. The van der Waals surface area contributed by atoms with Crippen LogP contribution >= 0.6 is 0 Å². The number of hydrogen-bond donors (Lipinski definition) is 0. The maximum atomic E-state index is 10.1. The molecule has 2 rings (SSSR count). The monoisotopic (exact) mass is 250 g/mol. The number of carbonyl (C=O) groups is 1. The zero-order valence-corrected chi connectivity index (χ0v) is 10.8. The lowest BCUT2D eigenvalue weighted by Gasteiger charge is -1.90. The highest BCUT2D eigenvalue weighted by molar-refractivity contribution is 5.81. The molecule has 0 aliphatic heterocycles. The van der Waals surface area contributed by atoms with Crippen LogP contribution in [0.15, 0.2) is 61.3 Å². The van der Waals surface area contributed by atoms with Crippen molar-refractivity contribution < 1.29 is 15.0 Å². The van der Waals surface area contributed by atoms with E-state index >= 15 is 0 Å². The number of hydrogen-bond acceptors (Lipinski definition) is 2. The van der Waals surface area contributed by atoms with Gasteiger partial charge in [-0.2, -0.15) is 0 Å². The average molecular weight is 250 g/mol. The predicted octanol–water partition coefficient (Wildman–Crippen LogP) is 2.92. The second kappa shape index (κ2) is 15.1. The Morgan fingerprint density at radius 2 is 1.50 bits per heavy atom. The van der Waals surface area contributed by atoms with Gasteiger partial charge in [-0.25, -0.2) is 4.79 Å². The summed E-state index contributed by atoms with van der Waals surface area (Å²) >= 11 is 0. The van der Waals surface area contributed by atoms with Gasteiger partial charge in [-0.1, -0.05) is 55.2 Å². The second-order valence-corrected chi connectivity index (χ2v) is 3.14. The molecule has 0 radical (unpaired) electrons. The number of rotatable bonds is 2. The molecule has 0 saturated heterocycles. The average Bonchev–Trinajstić information content (AvgIpc) is 3.07. The lowest BCUT2D eigenvalue weighted by Crippen LogP contribution is -1.97. The second-order valence-electron chi connectivity index (χ2n) is 3.14. The summed E-state index contributed by atoms with van der Waals surface area (Å²) in [7, 11) is 0. The van der Waals surface area contributed by atoms with E-state index in [1.54, 1.807) is 6.92 Å². The number of ether oxygens (including phenoxy) is 1. The quantitative estimate of drug-likeness (QED) is 0.559. The van der Waals surface area contributed by atoms with E-state index in [2.05, 4.69) is 59.9 Å². The summed E-state index contributed by atoms with van der Waals surface area (Å²) in [4.78, 5) is 10.1. The van der Waals surface area contributed by atoms with Crippen molar-refractivity contribution in [2.24, 2.45) is 0 Å². The largest absolute Gasteiger partial charge is 0.463 e. The third-order valence-corrected chi connectivity index (χ3v) is 1.76. The summed E-state index contributed by atoms with van der Waals surface area (Å²) in [6.07, 6.45) is 20.1. The Morgan fingerprint density at radius 3 is 1.61 bits per heavy atom. The molecule has 0 unspecified atom stereocenters. The van der Waals surface area contributed by atoms with E-state index in [9.17, 15) is 4.79 Å². The van der Waals surface area contributed by atoms with E-state index in [-0.39, 0.29) is 11.4 Å². The van der Waals surface area contributed by atoms with Crippen LogP contribution in [0.4, 0.5) is 0 Å². The summed E-state index contributed by atoms with van der Waals surface area (Å²) in [5.41, 5.74) is 0. The van der Waals surface area contributed by atoms with Crippen molar-refractivity contribution in [3.63, 3.8) is 0 Å². The van der Waals surface area contributed by atoms with E-state index in [4.69, 9.17) is 0 Å². The van der Waals surface area contributed by atoms with Crippen LogP contribution in [-0.2, 0) is 9.53 Å². The van der Waals surface area contributed by atoms with Gasteiger partial charge in [-0.3, -0.25) is 0 Å². The molecular weight excluding hydrogens is 228 g/mol. The molecule has 0 atom stereocenters. The minimum Gasteiger partial charge on any atom is -0.463 e. The lowest BCUT2D eigenvalue weighted by atomic mass is 10.5. The van der Waals surface area contributed by atoms with Crippen LogP contribution in [0.2, 0.25) is 0 Å². The first-order valence-electron chi connectivity index (χ1n) is 5.73. The highest BCUT2D eigenvalue weighted by Crippen LogP contribution is 1.93. The van der Waals surface area contributed by atoms with E-state index in [1.807, 2.05) is 0 Å². The Bertz CT molecular complexity index is 281. The molecule has 0 heterocycles. The highest BCUT2D eigenvalue weighted by atomic mass is 16.5. The van der Waals surface area contributed by atoms with Crippen LogP contribution in [0.3, 0.4) is 0 Å². The summed E-state index contributed by atoms with van der Waals surface area (Å²) in [6, 6.07) is 0. The van der Waals surface area contributed by atoms with E-state index in [0.717, 1.165) is 18.9 Å². The van der Waals surface area contributed by atoms with Crippen molar-refractivity contribution >= 4 is 5.97 Å². The smallest absolute Gasteiger partial charge is 0.330 e. The summed E-state index contributed by atoms with van der Waals surface area (Å²) in [6.45, 7) is 5.38. The molecule has 3 nitrogen and oxygen atoms in total. The van der Waals surface area contributed by atoms with Crippen molar-refractivity contribution in [3.05, 3.63) is 61.3 Å². The Hall–Kier alpha value is -1.87. The van der Waals surface area contributed by atoms with Crippen LogP contribution in [0, 0.1) is 0 Å². The van der Waals surface area contributed by atoms with Gasteiger partial charge in [0.15, 0.2) is 0 Å². The number of allylic oxidation sites excluding steroid dienone is 8. The maximum absolute atomic E-state index is 10.1. The number of carbonyl (C=O) groups excluding carboxylic acids is 1. The highest BCUT2D eigenvalue weighted by Gasteiger charge is 1.86. The van der Waals surface area contributed by atoms with Crippen molar-refractivity contribution in [2.75, 3.05) is 6.61 Å². The molecule has 0 saturated carbocycles. The normalized spacial score (nSPS) is 12.7. The Kier molecular flexibility index (Phi) is 15.5. The maximum Gasteiger partial charge on any atom is 0.330 e. The molecule has 18 heavy (non-hydrogen) atoms. The fourth-order valence-corrected chi connectivity index (χ4v) is 0.987. The van der Waals surface area contributed by atoms with Gasteiger partial charge in [-0.15, -0.1) is 0 Å². The molecule has 0 fully saturated rings. The van der Waals surface area contributed by atoms with Crippen LogP contribution in [0.1, 0.15) is 19.8 Å². The third-order valence-electron chi connectivity index (χ3n) is 1.76. The molecule has 0 aromatic carbocycles. The third kappa shape index (κ3) is 14.1. The van der Waals surface area contributed by atoms with E-state index in [0.29, 0.717) is 6.61 Å². The first-order chi connectivity index (χ1) is 8.31. The molecule has 0 bridgehead atoms. The molecule has 0 amide bonds. The summed E-state index contributed by atoms with van der Waals surface area (Å²) < 4.78 is 4.43. The van der Waals surface area contributed by atoms with Crippen molar-refractivity contribution in [3.8, 4) is 0 Å². The van der Waals surface area contributed by atoms with Gasteiger partial charge in [0, 0.05) is 6.08 Å². The fourth-order valence-electron chi connectivity index (χ4n) is 0.987. The molecule has 2 aliphatic rings.